The van der Waals surface area contributed by atoms with E-state index in [0.717, 1.165) is 60.6 Å². The number of amides is 1. The minimum atomic E-state index is -4.81. The van der Waals surface area contributed by atoms with Crippen LogP contribution in [0.4, 0.5) is 18.9 Å². The van der Waals surface area contributed by atoms with Crippen LogP contribution >= 0.6 is 11.8 Å². The smallest absolute Gasteiger partial charge is 0.406 e. The molecule has 3 aromatic rings. The highest BCUT2D eigenvalue weighted by atomic mass is 32.2. The summed E-state index contributed by atoms with van der Waals surface area (Å²) in [6.07, 6.45) is 0.220. The van der Waals surface area contributed by atoms with Crippen molar-refractivity contribution in [1.29, 1.82) is 0 Å². The van der Waals surface area contributed by atoms with Crippen LogP contribution in [0.25, 0.3) is 11.0 Å². The van der Waals surface area contributed by atoms with Crippen LogP contribution in [0.2, 0.25) is 0 Å². The first-order valence-electron chi connectivity index (χ1n) is 11.3. The summed E-state index contributed by atoms with van der Waals surface area (Å²) in [5, 5.41) is 3.06. The Morgan fingerprint density at radius 1 is 1.08 bits per heavy atom. The third-order valence-corrected chi connectivity index (χ3v) is 6.94. The normalized spacial score (nSPS) is 14.7. The Hall–Kier alpha value is -3.35. The molecule has 13 heteroatoms. The highest BCUT2D eigenvalue weighted by Crippen LogP contribution is 2.33. The zero-order valence-electron chi connectivity index (χ0n) is 19.6. The van der Waals surface area contributed by atoms with Crippen molar-refractivity contribution in [2.75, 3.05) is 11.1 Å². The number of nitrogens with one attached hydrogen (secondary N) is 1. The predicted molar refractivity (Wildman–Crippen MR) is 128 cm³/mol. The molecule has 0 radical (unpaired) electrons. The predicted octanol–water partition coefficient (Wildman–Crippen LogP) is 3.70. The van der Waals surface area contributed by atoms with Crippen LogP contribution in [0.15, 0.2) is 38.9 Å². The molecule has 0 saturated heterocycles. The number of carbonyl (C=O) groups excluding carboxylic acids is 1. The summed E-state index contributed by atoms with van der Waals surface area (Å²) < 4.78 is 43.1. The first-order chi connectivity index (χ1) is 17.0. The van der Waals surface area contributed by atoms with Crippen LogP contribution in [0.1, 0.15) is 43.8 Å². The maximum atomic E-state index is 12.9. The van der Waals surface area contributed by atoms with Crippen molar-refractivity contribution in [1.82, 2.24) is 19.1 Å². The van der Waals surface area contributed by atoms with Crippen molar-refractivity contribution in [3.05, 3.63) is 50.9 Å². The Balaban J connectivity index is 1.58. The van der Waals surface area contributed by atoms with E-state index in [4.69, 9.17) is 0 Å². The number of fused-ring (bicyclic) bond motifs is 1. The van der Waals surface area contributed by atoms with Gasteiger partial charge in [0.1, 0.15) is 22.0 Å². The quantitative estimate of drug-likeness (QED) is 0.388. The standard InChI is InChI=1S/C23H24F3N5O4S/c1-30-19-17(21(33)31(2)22(30)34)20(29-18(28-19)13-6-4-3-5-7-13)36-12-16(32)27-14-8-10-15(11-9-14)35-23(24,25)26/h8-11,13H,3-7,12H2,1-2H3,(H,27,32). The second kappa shape index (κ2) is 10.3. The molecule has 0 aliphatic heterocycles. The van der Waals surface area contributed by atoms with Gasteiger partial charge in [-0.3, -0.25) is 18.7 Å². The molecule has 4 rings (SSSR count). The lowest BCUT2D eigenvalue weighted by Crippen LogP contribution is -2.38. The van der Waals surface area contributed by atoms with Crippen molar-refractivity contribution < 1.29 is 22.7 Å². The Kier molecular flexibility index (Phi) is 7.38. The van der Waals surface area contributed by atoms with Crippen molar-refractivity contribution in [2.45, 2.75) is 49.4 Å². The molecule has 1 N–H and O–H groups in total. The number of rotatable bonds is 6. The summed E-state index contributed by atoms with van der Waals surface area (Å²) in [6.45, 7) is 0. The molecule has 192 valence electrons. The first kappa shape index (κ1) is 25.7. The summed E-state index contributed by atoms with van der Waals surface area (Å²) in [5.41, 5.74) is -0.551. The first-order valence-corrected chi connectivity index (χ1v) is 12.3. The molecule has 0 unspecified atom stereocenters. The molecule has 1 aliphatic rings. The van der Waals surface area contributed by atoms with Gasteiger partial charge in [-0.15, -0.1) is 13.2 Å². The van der Waals surface area contributed by atoms with Gasteiger partial charge in [0.05, 0.1) is 5.75 Å². The lowest BCUT2D eigenvalue weighted by Gasteiger charge is -2.21. The van der Waals surface area contributed by atoms with E-state index in [0.29, 0.717) is 10.9 Å². The second-order valence-corrected chi connectivity index (χ2v) is 9.50. The number of thioether (sulfide) groups is 1. The summed E-state index contributed by atoms with van der Waals surface area (Å²) in [5.74, 6) is -0.319. The van der Waals surface area contributed by atoms with Crippen molar-refractivity contribution in [2.24, 2.45) is 14.1 Å². The molecule has 1 aromatic carbocycles. The number of hydrogen-bond acceptors (Lipinski definition) is 7. The van der Waals surface area contributed by atoms with Gasteiger partial charge >= 0.3 is 12.1 Å². The fraction of sp³-hybridized carbons (Fsp3) is 0.435. The second-order valence-electron chi connectivity index (χ2n) is 8.54. The van der Waals surface area contributed by atoms with Crippen LogP contribution < -0.4 is 21.3 Å². The molecule has 1 aliphatic carbocycles. The molecule has 0 bridgehead atoms. The number of halogens is 3. The summed E-state index contributed by atoms with van der Waals surface area (Å²) >= 11 is 1.04. The average Bonchev–Trinajstić information content (AvgIpc) is 2.85. The molecule has 2 heterocycles. The molecule has 0 spiro atoms. The van der Waals surface area contributed by atoms with E-state index < -0.39 is 29.3 Å². The van der Waals surface area contributed by atoms with Crippen molar-refractivity contribution in [3.63, 3.8) is 0 Å². The van der Waals surface area contributed by atoms with Crippen LogP contribution in [-0.4, -0.2) is 37.1 Å². The number of nitrogens with zero attached hydrogens (tertiary/aromatic N) is 4. The number of alkyl halides is 3. The number of aromatic nitrogens is 4. The summed E-state index contributed by atoms with van der Waals surface area (Å²) in [7, 11) is 2.90. The summed E-state index contributed by atoms with van der Waals surface area (Å²) in [6, 6.07) is 4.76. The molecule has 2 aromatic heterocycles. The molecule has 1 amide bonds. The Morgan fingerprint density at radius 2 is 1.75 bits per heavy atom. The zero-order chi connectivity index (χ0) is 26.0. The maximum Gasteiger partial charge on any atom is 0.573 e. The number of anilines is 1. The average molecular weight is 524 g/mol. The van der Waals surface area contributed by atoms with E-state index in [2.05, 4.69) is 20.0 Å². The Labute approximate surface area is 207 Å². The van der Waals surface area contributed by atoms with Crippen LogP contribution in [-0.2, 0) is 18.9 Å². The summed E-state index contributed by atoms with van der Waals surface area (Å²) in [4.78, 5) is 47.2. The van der Waals surface area contributed by atoms with Crippen LogP contribution in [0.5, 0.6) is 5.75 Å². The third kappa shape index (κ3) is 5.72. The number of benzene rings is 1. The molecule has 9 nitrogen and oxygen atoms in total. The number of ether oxygens (including phenoxy) is 1. The van der Waals surface area contributed by atoms with Gasteiger partial charge in [-0.05, 0) is 37.1 Å². The Morgan fingerprint density at radius 3 is 2.39 bits per heavy atom. The third-order valence-electron chi connectivity index (χ3n) is 5.97. The minimum absolute atomic E-state index is 0.105. The Bertz CT molecular complexity index is 1400. The molecule has 0 atom stereocenters. The van der Waals surface area contributed by atoms with E-state index in [9.17, 15) is 27.6 Å². The van der Waals surface area contributed by atoms with Crippen molar-refractivity contribution >= 4 is 34.4 Å². The monoisotopic (exact) mass is 523 g/mol. The van der Waals surface area contributed by atoms with E-state index in [-0.39, 0.29) is 28.4 Å². The maximum absolute atomic E-state index is 12.9. The SMILES string of the molecule is Cn1c(=O)c2c(SCC(=O)Nc3ccc(OC(F)(F)F)cc3)nc(C3CCCCC3)nc2n(C)c1=O. The molecule has 36 heavy (non-hydrogen) atoms. The number of carbonyl (C=O) groups is 1. The minimum Gasteiger partial charge on any atom is -0.406 e. The largest absolute Gasteiger partial charge is 0.573 e. The fourth-order valence-corrected chi connectivity index (χ4v) is 4.98. The van der Waals surface area contributed by atoms with Crippen LogP contribution in [0, 0.1) is 0 Å². The fourth-order valence-electron chi connectivity index (χ4n) is 4.16. The van der Waals surface area contributed by atoms with Crippen molar-refractivity contribution in [3.8, 4) is 5.75 Å². The number of hydrogen-bond donors (Lipinski definition) is 1. The van der Waals surface area contributed by atoms with Gasteiger partial charge in [0.25, 0.3) is 5.56 Å². The van der Waals surface area contributed by atoms with Gasteiger partial charge in [-0.25, -0.2) is 14.8 Å². The van der Waals surface area contributed by atoms with E-state index in [1.165, 1.54) is 30.8 Å². The van der Waals surface area contributed by atoms with Gasteiger partial charge in [-0.1, -0.05) is 31.0 Å². The topological polar surface area (TPSA) is 108 Å². The lowest BCUT2D eigenvalue weighted by molar-refractivity contribution is -0.274. The van der Waals surface area contributed by atoms with Gasteiger partial charge in [0, 0.05) is 25.7 Å². The lowest BCUT2D eigenvalue weighted by atomic mass is 9.89. The van der Waals surface area contributed by atoms with Gasteiger partial charge in [0.15, 0.2) is 5.65 Å². The number of aryl methyl sites for hydroxylation is 1. The van der Waals surface area contributed by atoms with Gasteiger partial charge in [-0.2, -0.15) is 0 Å². The van der Waals surface area contributed by atoms with E-state index in [1.54, 1.807) is 0 Å². The molecule has 1 saturated carbocycles. The van der Waals surface area contributed by atoms with E-state index in [1.807, 2.05) is 0 Å². The van der Waals surface area contributed by atoms with Gasteiger partial charge in [0.2, 0.25) is 5.91 Å². The molecular formula is C23H24F3N5O4S. The highest BCUT2D eigenvalue weighted by Gasteiger charge is 2.31. The molecular weight excluding hydrogens is 499 g/mol. The molecule has 1 fully saturated rings. The van der Waals surface area contributed by atoms with E-state index >= 15 is 0 Å². The van der Waals surface area contributed by atoms with Crippen LogP contribution in [0.3, 0.4) is 0 Å². The highest BCUT2D eigenvalue weighted by molar-refractivity contribution is 8.00. The zero-order valence-corrected chi connectivity index (χ0v) is 20.4. The van der Waals surface area contributed by atoms with Gasteiger partial charge < -0.3 is 10.1 Å².